The summed E-state index contributed by atoms with van der Waals surface area (Å²) in [6.45, 7) is 0. The molecule has 0 saturated heterocycles. The third-order valence-corrected chi connectivity index (χ3v) is 3.77. The maximum Gasteiger partial charge on any atom is 0.187 e. The third-order valence-electron chi connectivity index (χ3n) is 3.52. The number of halogens is 1. The Balaban J connectivity index is 1.56. The van der Waals surface area contributed by atoms with Crippen LogP contribution in [0.3, 0.4) is 0 Å². The van der Waals surface area contributed by atoms with Crippen molar-refractivity contribution in [3.63, 3.8) is 0 Å². The Hall–Kier alpha value is -3.24. The maximum atomic E-state index is 12.0. The quantitative estimate of drug-likeness (QED) is 0.307. The van der Waals surface area contributed by atoms with E-state index in [4.69, 9.17) is 11.6 Å². The van der Waals surface area contributed by atoms with Gasteiger partial charge in [-0.05, 0) is 60.7 Å². The van der Waals surface area contributed by atoms with Crippen molar-refractivity contribution >= 4 is 34.4 Å². The van der Waals surface area contributed by atoms with Crippen molar-refractivity contribution in [1.29, 1.82) is 0 Å². The van der Waals surface area contributed by atoms with E-state index >= 15 is 0 Å². The minimum atomic E-state index is -0.0950. The number of ketones is 1. The Morgan fingerprint density at radius 3 is 2.08 bits per heavy atom. The summed E-state index contributed by atoms with van der Waals surface area (Å²) in [6, 6.07) is 23.8. The summed E-state index contributed by atoms with van der Waals surface area (Å²) < 4.78 is 0. The van der Waals surface area contributed by atoms with Gasteiger partial charge in [0, 0.05) is 28.5 Å². The Morgan fingerprint density at radius 1 is 0.808 bits per heavy atom. The van der Waals surface area contributed by atoms with Crippen LogP contribution in [0.15, 0.2) is 101 Å². The fraction of sp³-hybridized carbons (Fsp3) is 0. The highest BCUT2D eigenvalue weighted by Gasteiger charge is 2.00. The van der Waals surface area contributed by atoms with Crippen molar-refractivity contribution < 1.29 is 4.79 Å². The monoisotopic (exact) mass is 361 g/mol. The highest BCUT2D eigenvalue weighted by atomic mass is 35.5. The smallest absolute Gasteiger partial charge is 0.187 e. The summed E-state index contributed by atoms with van der Waals surface area (Å²) in [5, 5.41) is 12.0. The van der Waals surface area contributed by atoms with Gasteiger partial charge in [-0.1, -0.05) is 29.8 Å². The normalized spacial score (nSPS) is 11.1. The van der Waals surface area contributed by atoms with E-state index in [9.17, 15) is 4.79 Å². The summed E-state index contributed by atoms with van der Waals surface area (Å²) >= 11 is 5.81. The van der Waals surface area contributed by atoms with Crippen LogP contribution in [-0.4, -0.2) is 5.78 Å². The van der Waals surface area contributed by atoms with Gasteiger partial charge in [0.05, 0.1) is 11.4 Å². The Labute approximate surface area is 156 Å². The van der Waals surface area contributed by atoms with Gasteiger partial charge in [-0.3, -0.25) is 4.79 Å². The summed E-state index contributed by atoms with van der Waals surface area (Å²) in [7, 11) is 0. The first-order chi connectivity index (χ1) is 12.7. The van der Waals surface area contributed by atoms with E-state index in [0.29, 0.717) is 10.6 Å². The fourth-order valence-corrected chi connectivity index (χ4v) is 2.28. The summed E-state index contributed by atoms with van der Waals surface area (Å²) in [5.41, 5.74) is 2.99. The Kier molecular flexibility index (Phi) is 5.91. The van der Waals surface area contributed by atoms with Gasteiger partial charge in [0.15, 0.2) is 5.78 Å². The molecule has 26 heavy (non-hydrogen) atoms. The van der Waals surface area contributed by atoms with Gasteiger partial charge >= 0.3 is 0 Å². The lowest BCUT2D eigenvalue weighted by Crippen LogP contribution is -1.95. The van der Waals surface area contributed by atoms with Crippen LogP contribution < -0.4 is 5.32 Å². The summed E-state index contributed by atoms with van der Waals surface area (Å²) in [6.07, 6.45) is 3.09. The van der Waals surface area contributed by atoms with Gasteiger partial charge in [0.2, 0.25) is 0 Å². The van der Waals surface area contributed by atoms with Crippen LogP contribution in [0.25, 0.3) is 0 Å². The van der Waals surface area contributed by atoms with Crippen molar-refractivity contribution in [2.75, 3.05) is 5.32 Å². The van der Waals surface area contributed by atoms with Crippen molar-refractivity contribution in [3.8, 4) is 0 Å². The molecule has 0 saturated carbocycles. The van der Waals surface area contributed by atoms with Gasteiger partial charge in [0.25, 0.3) is 0 Å². The number of nitrogens with one attached hydrogen (secondary N) is 1. The highest BCUT2D eigenvalue weighted by molar-refractivity contribution is 6.30. The molecule has 0 aliphatic carbocycles. The second-order valence-electron chi connectivity index (χ2n) is 5.43. The average molecular weight is 362 g/mol. The number of hydrogen-bond acceptors (Lipinski definition) is 4. The molecule has 3 aromatic carbocycles. The van der Waals surface area contributed by atoms with Crippen molar-refractivity contribution in [1.82, 2.24) is 0 Å². The number of azo groups is 1. The molecule has 5 heteroatoms. The van der Waals surface area contributed by atoms with Crippen LogP contribution >= 0.6 is 11.6 Å². The molecule has 0 unspecified atom stereocenters. The van der Waals surface area contributed by atoms with Gasteiger partial charge < -0.3 is 5.32 Å². The van der Waals surface area contributed by atoms with Gasteiger partial charge in [-0.25, -0.2) is 0 Å². The molecule has 128 valence electrons. The van der Waals surface area contributed by atoms with Crippen LogP contribution in [0.1, 0.15) is 10.4 Å². The van der Waals surface area contributed by atoms with Gasteiger partial charge in [-0.15, -0.1) is 0 Å². The molecule has 0 atom stereocenters. The molecule has 0 aliphatic rings. The Morgan fingerprint density at radius 2 is 1.42 bits per heavy atom. The van der Waals surface area contributed by atoms with Crippen molar-refractivity contribution in [3.05, 3.63) is 102 Å². The molecule has 0 heterocycles. The summed E-state index contributed by atoms with van der Waals surface area (Å²) in [5.74, 6) is -0.0950. The van der Waals surface area contributed by atoms with Crippen LogP contribution in [-0.2, 0) is 0 Å². The SMILES string of the molecule is O=C(/C=C/Nc1ccc(N=Nc2ccccc2)cc1)c1ccc(Cl)cc1. The van der Waals surface area contributed by atoms with Crippen molar-refractivity contribution in [2.24, 2.45) is 10.2 Å². The first kappa shape index (κ1) is 17.6. The minimum absolute atomic E-state index is 0.0950. The third kappa shape index (κ3) is 5.13. The zero-order chi connectivity index (χ0) is 18.2. The summed E-state index contributed by atoms with van der Waals surface area (Å²) in [4.78, 5) is 12.0. The van der Waals surface area contributed by atoms with E-state index in [-0.39, 0.29) is 5.78 Å². The average Bonchev–Trinajstić information content (AvgIpc) is 2.68. The first-order valence-electron chi connectivity index (χ1n) is 8.00. The molecule has 0 amide bonds. The molecule has 3 rings (SSSR count). The second kappa shape index (κ2) is 8.74. The van der Waals surface area contributed by atoms with Gasteiger partial charge in [-0.2, -0.15) is 10.2 Å². The number of carbonyl (C=O) groups excluding carboxylic acids is 1. The number of carbonyl (C=O) groups is 1. The Bertz CT molecular complexity index is 918. The highest BCUT2D eigenvalue weighted by Crippen LogP contribution is 2.20. The van der Waals surface area contributed by atoms with E-state index in [1.807, 2.05) is 54.6 Å². The van der Waals surface area contributed by atoms with E-state index in [0.717, 1.165) is 17.1 Å². The first-order valence-corrected chi connectivity index (χ1v) is 8.38. The fourth-order valence-electron chi connectivity index (χ4n) is 2.16. The van der Waals surface area contributed by atoms with E-state index in [1.54, 1.807) is 30.5 Å². The van der Waals surface area contributed by atoms with E-state index < -0.39 is 0 Å². The lowest BCUT2D eigenvalue weighted by atomic mass is 10.1. The molecule has 0 aromatic heterocycles. The predicted octanol–water partition coefficient (Wildman–Crippen LogP) is 6.56. The van der Waals surface area contributed by atoms with Crippen molar-refractivity contribution in [2.45, 2.75) is 0 Å². The number of hydrogen-bond donors (Lipinski definition) is 1. The lowest BCUT2D eigenvalue weighted by Gasteiger charge is -2.01. The van der Waals surface area contributed by atoms with E-state index in [2.05, 4.69) is 15.5 Å². The minimum Gasteiger partial charge on any atom is -0.362 e. The maximum absolute atomic E-state index is 12.0. The van der Waals surface area contributed by atoms with E-state index in [1.165, 1.54) is 6.08 Å². The predicted molar refractivity (Wildman–Crippen MR) is 106 cm³/mol. The molecular formula is C21H16ClN3O. The molecule has 3 aromatic rings. The number of rotatable bonds is 6. The number of allylic oxidation sites excluding steroid dienone is 1. The van der Waals surface area contributed by atoms with Crippen LogP contribution in [0, 0.1) is 0 Å². The molecule has 0 aliphatic heterocycles. The van der Waals surface area contributed by atoms with Crippen LogP contribution in [0.4, 0.5) is 17.1 Å². The molecule has 1 N–H and O–H groups in total. The number of nitrogens with zero attached hydrogens (tertiary/aromatic N) is 2. The topological polar surface area (TPSA) is 53.8 Å². The molecular weight excluding hydrogens is 346 g/mol. The van der Waals surface area contributed by atoms with Gasteiger partial charge in [0.1, 0.15) is 0 Å². The molecule has 0 bridgehead atoms. The molecule has 0 radical (unpaired) electrons. The zero-order valence-corrected chi connectivity index (χ0v) is 14.6. The lowest BCUT2D eigenvalue weighted by molar-refractivity contribution is 0.104. The zero-order valence-electron chi connectivity index (χ0n) is 13.8. The van der Waals surface area contributed by atoms with Crippen LogP contribution in [0.2, 0.25) is 5.02 Å². The molecule has 0 spiro atoms. The second-order valence-corrected chi connectivity index (χ2v) is 5.87. The standard InChI is InChI=1S/C21H16ClN3O/c22-17-8-6-16(7-9-17)21(26)14-15-23-18-10-12-20(13-11-18)25-24-19-4-2-1-3-5-19/h1-15,23H/b15-14+,25-24?. The molecule has 0 fully saturated rings. The van der Waals surface area contributed by atoms with Crippen LogP contribution in [0.5, 0.6) is 0 Å². The number of benzene rings is 3. The number of anilines is 1. The largest absolute Gasteiger partial charge is 0.362 e. The molecule has 4 nitrogen and oxygen atoms in total.